The van der Waals surface area contributed by atoms with Crippen molar-refractivity contribution in [2.75, 3.05) is 7.11 Å². The molecule has 0 aliphatic rings. The summed E-state index contributed by atoms with van der Waals surface area (Å²) in [5.41, 5.74) is 2.56. The van der Waals surface area contributed by atoms with Gasteiger partial charge in [0.1, 0.15) is 17.2 Å². The zero-order valence-electron chi connectivity index (χ0n) is 11.8. The first kappa shape index (κ1) is 12.6. The molecule has 5 nitrogen and oxygen atoms in total. The van der Waals surface area contributed by atoms with Crippen LogP contribution in [-0.4, -0.2) is 17.1 Å². The number of aromatic amines is 1. The number of aromatic nitrogens is 2. The molecule has 0 atom stereocenters. The van der Waals surface area contributed by atoms with Crippen LogP contribution in [0.1, 0.15) is 0 Å². The fourth-order valence-corrected chi connectivity index (χ4v) is 2.55. The number of hydrogen-bond donors (Lipinski definition) is 1. The van der Waals surface area contributed by atoms with Gasteiger partial charge in [0.25, 0.3) is 0 Å². The number of methoxy groups -OCH3 is 1. The van der Waals surface area contributed by atoms with E-state index >= 15 is 0 Å². The van der Waals surface area contributed by atoms with Crippen LogP contribution in [0.5, 0.6) is 5.75 Å². The van der Waals surface area contributed by atoms with Crippen LogP contribution in [0, 0.1) is 0 Å². The Morgan fingerprint density at radius 2 is 2.00 bits per heavy atom. The summed E-state index contributed by atoms with van der Waals surface area (Å²) in [5.74, 6) is 1.33. The molecular weight excluding hydrogens is 280 g/mol. The highest BCUT2D eigenvalue weighted by Crippen LogP contribution is 2.29. The van der Waals surface area contributed by atoms with Gasteiger partial charge in [0.2, 0.25) is 0 Å². The lowest BCUT2D eigenvalue weighted by Gasteiger charge is -2.05. The van der Waals surface area contributed by atoms with Crippen LogP contribution < -0.4 is 10.4 Å². The molecule has 2 heterocycles. The van der Waals surface area contributed by atoms with E-state index < -0.39 is 5.63 Å². The molecule has 2 aromatic heterocycles. The van der Waals surface area contributed by atoms with E-state index in [-0.39, 0.29) is 0 Å². The Kier molecular flexibility index (Phi) is 2.72. The van der Waals surface area contributed by atoms with Crippen molar-refractivity contribution < 1.29 is 9.15 Å². The number of fused-ring (bicyclic) bond motifs is 2. The molecule has 0 saturated carbocycles. The standard InChI is InChI=1S/C17H12N2O3/c1-21-10-6-7-15-11(8-10)12(9-16(20)22-15)17-18-13-4-2-3-5-14(13)19-17/h2-9H,1H3,(H,18,19). The van der Waals surface area contributed by atoms with Gasteiger partial charge in [0, 0.05) is 17.0 Å². The maximum atomic E-state index is 11.8. The zero-order valence-corrected chi connectivity index (χ0v) is 11.8. The summed E-state index contributed by atoms with van der Waals surface area (Å²) < 4.78 is 10.5. The summed E-state index contributed by atoms with van der Waals surface area (Å²) in [5, 5.41) is 0.776. The van der Waals surface area contributed by atoms with E-state index in [1.807, 2.05) is 30.3 Å². The van der Waals surface area contributed by atoms with Crippen LogP contribution in [0.15, 0.2) is 57.7 Å². The van der Waals surface area contributed by atoms with Gasteiger partial charge in [-0.1, -0.05) is 12.1 Å². The van der Waals surface area contributed by atoms with E-state index in [1.165, 1.54) is 6.07 Å². The molecule has 0 fully saturated rings. The zero-order chi connectivity index (χ0) is 15.1. The minimum Gasteiger partial charge on any atom is -0.497 e. The van der Waals surface area contributed by atoms with Gasteiger partial charge in [-0.3, -0.25) is 0 Å². The molecule has 108 valence electrons. The van der Waals surface area contributed by atoms with Crippen molar-refractivity contribution in [1.82, 2.24) is 9.97 Å². The lowest BCUT2D eigenvalue weighted by atomic mass is 10.1. The highest BCUT2D eigenvalue weighted by molar-refractivity contribution is 5.94. The number of benzene rings is 2. The lowest BCUT2D eigenvalue weighted by Crippen LogP contribution is -1.99. The summed E-state index contributed by atoms with van der Waals surface area (Å²) in [6, 6.07) is 14.5. The Labute approximate surface area is 125 Å². The van der Waals surface area contributed by atoms with E-state index in [0.29, 0.717) is 22.7 Å². The lowest BCUT2D eigenvalue weighted by molar-refractivity contribution is 0.415. The molecule has 2 aromatic carbocycles. The van der Waals surface area contributed by atoms with Crippen molar-refractivity contribution in [3.63, 3.8) is 0 Å². The predicted molar refractivity (Wildman–Crippen MR) is 84.1 cm³/mol. The van der Waals surface area contributed by atoms with Crippen LogP contribution in [-0.2, 0) is 0 Å². The highest BCUT2D eigenvalue weighted by atomic mass is 16.5. The Morgan fingerprint density at radius 1 is 1.14 bits per heavy atom. The predicted octanol–water partition coefficient (Wildman–Crippen LogP) is 3.34. The van der Waals surface area contributed by atoms with E-state index in [1.54, 1.807) is 19.2 Å². The number of nitrogens with zero attached hydrogens (tertiary/aromatic N) is 1. The molecule has 4 aromatic rings. The number of nitrogens with one attached hydrogen (secondary N) is 1. The van der Waals surface area contributed by atoms with E-state index in [4.69, 9.17) is 9.15 Å². The van der Waals surface area contributed by atoms with Gasteiger partial charge in [-0.05, 0) is 30.3 Å². The highest BCUT2D eigenvalue weighted by Gasteiger charge is 2.12. The Balaban J connectivity index is 2.05. The summed E-state index contributed by atoms with van der Waals surface area (Å²) in [6.45, 7) is 0. The second-order valence-electron chi connectivity index (χ2n) is 4.94. The maximum Gasteiger partial charge on any atom is 0.336 e. The van der Waals surface area contributed by atoms with Gasteiger partial charge >= 0.3 is 5.63 Å². The molecule has 0 radical (unpaired) electrons. The van der Waals surface area contributed by atoms with Crippen LogP contribution in [0.25, 0.3) is 33.4 Å². The molecule has 0 bridgehead atoms. The second kappa shape index (κ2) is 4.73. The maximum absolute atomic E-state index is 11.8. The average Bonchev–Trinajstić information content (AvgIpc) is 2.97. The molecule has 0 amide bonds. The van der Waals surface area contributed by atoms with Crippen LogP contribution in [0.2, 0.25) is 0 Å². The number of para-hydroxylation sites is 2. The van der Waals surface area contributed by atoms with E-state index in [9.17, 15) is 4.79 Å². The van der Waals surface area contributed by atoms with Gasteiger partial charge in [0.05, 0.1) is 18.1 Å². The first-order valence-electron chi connectivity index (χ1n) is 6.81. The van der Waals surface area contributed by atoms with Crippen molar-refractivity contribution in [3.05, 3.63) is 59.0 Å². The number of ether oxygens (including phenoxy) is 1. The smallest absolute Gasteiger partial charge is 0.336 e. The summed E-state index contributed by atoms with van der Waals surface area (Å²) in [6.07, 6.45) is 0. The van der Waals surface area contributed by atoms with E-state index in [0.717, 1.165) is 16.4 Å². The van der Waals surface area contributed by atoms with Gasteiger partial charge in [0.15, 0.2) is 0 Å². The minimum absolute atomic E-state index is 0.409. The SMILES string of the molecule is COc1ccc2oc(=O)cc(-c3nc4ccccc4[nH]3)c2c1. The molecule has 0 aliphatic heterocycles. The summed E-state index contributed by atoms with van der Waals surface area (Å²) in [7, 11) is 1.60. The Morgan fingerprint density at radius 3 is 2.82 bits per heavy atom. The topological polar surface area (TPSA) is 68.1 Å². The fourth-order valence-electron chi connectivity index (χ4n) is 2.55. The number of H-pyrrole nitrogens is 1. The number of rotatable bonds is 2. The third kappa shape index (κ3) is 1.95. The van der Waals surface area contributed by atoms with Crippen molar-refractivity contribution in [1.29, 1.82) is 0 Å². The average molecular weight is 292 g/mol. The molecule has 0 aliphatic carbocycles. The normalized spacial score (nSPS) is 11.1. The van der Waals surface area contributed by atoms with Gasteiger partial charge in [-0.25, -0.2) is 9.78 Å². The van der Waals surface area contributed by atoms with Crippen LogP contribution >= 0.6 is 0 Å². The Hall–Kier alpha value is -3.08. The third-order valence-corrected chi connectivity index (χ3v) is 3.59. The fraction of sp³-hybridized carbons (Fsp3) is 0.0588. The first-order valence-corrected chi connectivity index (χ1v) is 6.81. The quantitative estimate of drug-likeness (QED) is 0.575. The van der Waals surface area contributed by atoms with Crippen molar-refractivity contribution >= 4 is 22.0 Å². The molecular formula is C17H12N2O3. The van der Waals surface area contributed by atoms with Crippen LogP contribution in [0.3, 0.4) is 0 Å². The van der Waals surface area contributed by atoms with Crippen LogP contribution in [0.4, 0.5) is 0 Å². The number of imidazole rings is 1. The molecule has 1 N–H and O–H groups in total. The van der Waals surface area contributed by atoms with Gasteiger partial charge in [-0.2, -0.15) is 0 Å². The molecule has 0 spiro atoms. The van der Waals surface area contributed by atoms with Crippen molar-refractivity contribution in [2.45, 2.75) is 0 Å². The summed E-state index contributed by atoms with van der Waals surface area (Å²) >= 11 is 0. The molecule has 22 heavy (non-hydrogen) atoms. The first-order chi connectivity index (χ1) is 10.7. The van der Waals surface area contributed by atoms with Crippen molar-refractivity contribution in [3.8, 4) is 17.1 Å². The van der Waals surface area contributed by atoms with E-state index in [2.05, 4.69) is 9.97 Å². The molecule has 0 saturated heterocycles. The Bertz CT molecular complexity index is 1010. The van der Waals surface area contributed by atoms with Gasteiger partial charge in [-0.15, -0.1) is 0 Å². The number of hydrogen-bond acceptors (Lipinski definition) is 4. The summed E-state index contributed by atoms with van der Waals surface area (Å²) in [4.78, 5) is 19.6. The molecule has 5 heteroatoms. The second-order valence-corrected chi connectivity index (χ2v) is 4.94. The van der Waals surface area contributed by atoms with Crippen molar-refractivity contribution in [2.24, 2.45) is 0 Å². The minimum atomic E-state index is -0.409. The monoisotopic (exact) mass is 292 g/mol. The molecule has 4 rings (SSSR count). The third-order valence-electron chi connectivity index (χ3n) is 3.59. The largest absolute Gasteiger partial charge is 0.497 e. The van der Waals surface area contributed by atoms with Gasteiger partial charge < -0.3 is 14.1 Å². The molecule has 0 unspecified atom stereocenters.